The molecule has 4 aromatic rings. The second kappa shape index (κ2) is 9.05. The number of H-pyrrole nitrogens is 1. The monoisotopic (exact) mass is 484 g/mol. The molecular weight excluding hydrogens is 456 g/mol. The molecule has 0 radical (unpaired) electrons. The van der Waals surface area contributed by atoms with E-state index in [-0.39, 0.29) is 22.2 Å². The predicted molar refractivity (Wildman–Crippen MR) is 129 cm³/mol. The molecule has 0 bridgehead atoms. The van der Waals surface area contributed by atoms with E-state index in [1.165, 1.54) is 12.1 Å². The standard InChI is InChI=1S/C23H28N6O4S/c1-6-17-20-21(29(27-17)12-19-24-9-10-28(19)4)23(30)26-22(25-20)16-11-15(34(5,31)32)7-8-18(16)33-13-14(2)3/h7-11,14H,6,12-13H2,1-5H3,(H,25,26,30). The average Bonchev–Trinajstić information content (AvgIpc) is 3.34. The summed E-state index contributed by atoms with van der Waals surface area (Å²) in [6.45, 7) is 6.72. The highest BCUT2D eigenvalue weighted by molar-refractivity contribution is 7.90. The number of aryl methyl sites for hydroxylation is 2. The lowest BCUT2D eigenvalue weighted by Gasteiger charge is -2.14. The lowest BCUT2D eigenvalue weighted by Crippen LogP contribution is -2.16. The topological polar surface area (TPSA) is 125 Å². The maximum atomic E-state index is 13.3. The predicted octanol–water partition coefficient (Wildman–Crippen LogP) is 2.57. The number of sulfone groups is 1. The summed E-state index contributed by atoms with van der Waals surface area (Å²) >= 11 is 0. The van der Waals surface area contributed by atoms with E-state index in [2.05, 4.69) is 15.1 Å². The van der Waals surface area contributed by atoms with Gasteiger partial charge in [-0.2, -0.15) is 5.10 Å². The highest BCUT2D eigenvalue weighted by Crippen LogP contribution is 2.31. The Labute approximate surface area is 197 Å². The van der Waals surface area contributed by atoms with Gasteiger partial charge in [0.25, 0.3) is 5.56 Å². The van der Waals surface area contributed by atoms with E-state index < -0.39 is 9.84 Å². The van der Waals surface area contributed by atoms with Crippen molar-refractivity contribution < 1.29 is 13.2 Å². The summed E-state index contributed by atoms with van der Waals surface area (Å²) in [4.78, 5) is 25.2. The first-order valence-corrected chi connectivity index (χ1v) is 12.9. The van der Waals surface area contributed by atoms with Gasteiger partial charge in [-0.15, -0.1) is 0 Å². The molecule has 0 aliphatic carbocycles. The molecular formula is C23H28N6O4S. The Morgan fingerprint density at radius 1 is 1.24 bits per heavy atom. The molecule has 0 amide bonds. The van der Waals surface area contributed by atoms with Crippen LogP contribution in [-0.4, -0.2) is 50.6 Å². The van der Waals surface area contributed by atoms with Gasteiger partial charge in [0.05, 0.1) is 22.8 Å². The van der Waals surface area contributed by atoms with E-state index in [1.54, 1.807) is 16.9 Å². The fraction of sp³-hybridized carbons (Fsp3) is 0.391. The molecule has 0 aliphatic heterocycles. The van der Waals surface area contributed by atoms with Gasteiger partial charge in [0.1, 0.15) is 29.5 Å². The van der Waals surface area contributed by atoms with Crippen molar-refractivity contribution in [2.45, 2.75) is 38.6 Å². The molecule has 0 spiro atoms. The summed E-state index contributed by atoms with van der Waals surface area (Å²) < 4.78 is 33.8. The molecule has 1 aromatic carbocycles. The summed E-state index contributed by atoms with van der Waals surface area (Å²) in [7, 11) is -1.60. The molecule has 180 valence electrons. The number of hydrogen-bond donors (Lipinski definition) is 1. The Bertz CT molecular complexity index is 1510. The van der Waals surface area contributed by atoms with Gasteiger partial charge in [0.15, 0.2) is 15.4 Å². The van der Waals surface area contributed by atoms with Gasteiger partial charge in [0.2, 0.25) is 0 Å². The maximum Gasteiger partial charge on any atom is 0.277 e. The number of benzene rings is 1. The zero-order chi connectivity index (χ0) is 24.6. The Kier molecular flexibility index (Phi) is 6.30. The van der Waals surface area contributed by atoms with E-state index in [0.717, 1.165) is 12.1 Å². The van der Waals surface area contributed by atoms with E-state index in [9.17, 15) is 13.2 Å². The van der Waals surface area contributed by atoms with Crippen LogP contribution in [0.4, 0.5) is 0 Å². The molecule has 4 rings (SSSR count). The smallest absolute Gasteiger partial charge is 0.277 e. The van der Waals surface area contributed by atoms with Gasteiger partial charge >= 0.3 is 0 Å². The Balaban J connectivity index is 1.90. The highest BCUT2D eigenvalue weighted by Gasteiger charge is 2.21. The van der Waals surface area contributed by atoms with E-state index in [1.807, 2.05) is 38.6 Å². The normalized spacial score (nSPS) is 12.1. The van der Waals surface area contributed by atoms with Gasteiger partial charge in [-0.05, 0) is 30.5 Å². The molecule has 0 saturated carbocycles. The fourth-order valence-corrected chi connectivity index (χ4v) is 4.27. The minimum Gasteiger partial charge on any atom is -0.493 e. The summed E-state index contributed by atoms with van der Waals surface area (Å²) in [6.07, 6.45) is 5.22. The minimum absolute atomic E-state index is 0.114. The molecule has 1 N–H and O–H groups in total. The van der Waals surface area contributed by atoms with Crippen LogP contribution in [0.25, 0.3) is 22.4 Å². The number of hydrogen-bond acceptors (Lipinski definition) is 7. The number of rotatable bonds is 8. The Hall–Kier alpha value is -3.47. The second-order valence-electron chi connectivity index (χ2n) is 8.66. The third-order valence-electron chi connectivity index (χ3n) is 5.42. The van der Waals surface area contributed by atoms with Gasteiger partial charge < -0.3 is 14.3 Å². The van der Waals surface area contributed by atoms with Crippen LogP contribution in [0.15, 0.2) is 40.3 Å². The molecule has 10 nitrogen and oxygen atoms in total. The number of imidazole rings is 1. The second-order valence-corrected chi connectivity index (χ2v) is 10.7. The summed E-state index contributed by atoms with van der Waals surface area (Å²) in [5.41, 5.74) is 1.51. The lowest BCUT2D eigenvalue weighted by atomic mass is 10.1. The van der Waals surface area contributed by atoms with Gasteiger partial charge in [-0.3, -0.25) is 4.79 Å². The van der Waals surface area contributed by atoms with Crippen LogP contribution in [0.1, 0.15) is 32.3 Å². The van der Waals surface area contributed by atoms with Crippen LogP contribution in [0.3, 0.4) is 0 Å². The molecule has 34 heavy (non-hydrogen) atoms. The first-order chi connectivity index (χ1) is 16.1. The maximum absolute atomic E-state index is 13.3. The first-order valence-electron chi connectivity index (χ1n) is 11.0. The zero-order valence-corrected chi connectivity index (χ0v) is 20.7. The van der Waals surface area contributed by atoms with E-state index >= 15 is 0 Å². The molecule has 0 fully saturated rings. The van der Waals surface area contributed by atoms with E-state index in [4.69, 9.17) is 9.72 Å². The Morgan fingerprint density at radius 3 is 2.62 bits per heavy atom. The van der Waals surface area contributed by atoms with Crippen LogP contribution in [0, 0.1) is 5.92 Å². The lowest BCUT2D eigenvalue weighted by molar-refractivity contribution is 0.272. The largest absolute Gasteiger partial charge is 0.493 e. The molecule has 0 atom stereocenters. The third kappa shape index (κ3) is 4.60. The van der Waals surface area contributed by atoms with Crippen LogP contribution >= 0.6 is 0 Å². The van der Waals surface area contributed by atoms with E-state index in [0.29, 0.717) is 47.6 Å². The molecule has 0 saturated heterocycles. The number of fused-ring (bicyclic) bond motifs is 1. The van der Waals surface area contributed by atoms with Crippen molar-refractivity contribution >= 4 is 20.9 Å². The van der Waals surface area contributed by atoms with Crippen LogP contribution in [-0.2, 0) is 29.9 Å². The SMILES string of the molecule is CCc1nn(Cc2nccn2C)c2c(=O)[nH]c(-c3cc(S(C)(=O)=O)ccc3OCC(C)C)nc12. The molecule has 0 aliphatic rings. The minimum atomic E-state index is -3.48. The van der Waals surface area contributed by atoms with Crippen molar-refractivity contribution in [1.29, 1.82) is 0 Å². The highest BCUT2D eigenvalue weighted by atomic mass is 32.2. The van der Waals surface area contributed by atoms with Crippen LogP contribution in [0.2, 0.25) is 0 Å². The average molecular weight is 485 g/mol. The van der Waals surface area contributed by atoms with Gasteiger partial charge in [-0.1, -0.05) is 20.8 Å². The van der Waals surface area contributed by atoms with Crippen LogP contribution < -0.4 is 10.3 Å². The van der Waals surface area contributed by atoms with Crippen molar-refractivity contribution in [2.24, 2.45) is 13.0 Å². The number of nitrogens with zero attached hydrogens (tertiary/aromatic N) is 5. The molecule has 11 heteroatoms. The number of aromatic nitrogens is 6. The van der Waals surface area contributed by atoms with Gasteiger partial charge in [-0.25, -0.2) is 23.1 Å². The molecule has 3 aromatic heterocycles. The number of nitrogens with one attached hydrogen (secondary N) is 1. The summed E-state index contributed by atoms with van der Waals surface area (Å²) in [5.74, 6) is 1.68. The number of ether oxygens (including phenoxy) is 1. The van der Waals surface area contributed by atoms with Crippen LogP contribution in [0.5, 0.6) is 5.75 Å². The van der Waals surface area contributed by atoms with Crippen molar-refractivity contribution in [3.05, 3.63) is 52.5 Å². The molecule has 3 heterocycles. The quantitative estimate of drug-likeness (QED) is 0.407. The number of aromatic amines is 1. The van der Waals surface area contributed by atoms with Gasteiger partial charge in [0, 0.05) is 25.7 Å². The van der Waals surface area contributed by atoms with Crippen molar-refractivity contribution in [3.8, 4) is 17.1 Å². The van der Waals surface area contributed by atoms with Crippen molar-refractivity contribution in [2.75, 3.05) is 12.9 Å². The summed E-state index contributed by atoms with van der Waals surface area (Å²) in [5, 5.41) is 4.61. The first kappa shape index (κ1) is 23.7. The Morgan fingerprint density at radius 2 is 2.00 bits per heavy atom. The zero-order valence-electron chi connectivity index (χ0n) is 19.9. The molecule has 0 unspecified atom stereocenters. The van der Waals surface area contributed by atoms with Crippen molar-refractivity contribution in [1.82, 2.24) is 29.3 Å². The summed E-state index contributed by atoms with van der Waals surface area (Å²) in [6, 6.07) is 4.58. The van der Waals surface area contributed by atoms with Crippen molar-refractivity contribution in [3.63, 3.8) is 0 Å². The fourth-order valence-electron chi connectivity index (χ4n) is 3.62. The third-order valence-corrected chi connectivity index (χ3v) is 6.53.